The van der Waals surface area contributed by atoms with Gasteiger partial charge >= 0.3 is 0 Å². The largest absolute Gasteiger partial charge is 0.309 e. The summed E-state index contributed by atoms with van der Waals surface area (Å²) in [5.74, 6) is 1.84. The Morgan fingerprint density at radius 1 is 1.32 bits per heavy atom. The van der Waals surface area contributed by atoms with E-state index in [9.17, 15) is 8.78 Å². The van der Waals surface area contributed by atoms with E-state index in [4.69, 9.17) is 0 Å². The van der Waals surface area contributed by atoms with E-state index >= 15 is 0 Å². The van der Waals surface area contributed by atoms with Crippen LogP contribution in [-0.4, -0.2) is 29.1 Å². The zero-order chi connectivity index (χ0) is 13.7. The van der Waals surface area contributed by atoms with Crippen LogP contribution in [0.5, 0.6) is 0 Å². The molecule has 2 unspecified atom stereocenters. The SMILES string of the molecule is CCCNC(c1ccc(F)c(F)c1)C1CSCCS1. The van der Waals surface area contributed by atoms with Gasteiger partial charge in [-0.3, -0.25) is 0 Å². The molecule has 1 nitrogen and oxygen atoms in total. The van der Waals surface area contributed by atoms with Crippen LogP contribution < -0.4 is 5.32 Å². The van der Waals surface area contributed by atoms with E-state index in [1.54, 1.807) is 6.07 Å². The smallest absolute Gasteiger partial charge is 0.159 e. The summed E-state index contributed by atoms with van der Waals surface area (Å²) in [5, 5.41) is 3.90. The van der Waals surface area contributed by atoms with Crippen molar-refractivity contribution in [1.29, 1.82) is 0 Å². The van der Waals surface area contributed by atoms with Crippen LogP contribution in [0.1, 0.15) is 24.9 Å². The van der Waals surface area contributed by atoms with E-state index < -0.39 is 11.6 Å². The predicted molar refractivity (Wildman–Crippen MR) is 81.0 cm³/mol. The maximum Gasteiger partial charge on any atom is 0.159 e. The van der Waals surface area contributed by atoms with Crippen LogP contribution in [0.15, 0.2) is 18.2 Å². The molecule has 5 heteroatoms. The van der Waals surface area contributed by atoms with Crippen LogP contribution in [-0.2, 0) is 0 Å². The summed E-state index contributed by atoms with van der Waals surface area (Å²) in [7, 11) is 0. The zero-order valence-electron chi connectivity index (χ0n) is 11.0. The highest BCUT2D eigenvalue weighted by molar-refractivity contribution is 8.06. The fraction of sp³-hybridized carbons (Fsp3) is 0.571. The molecule has 0 aliphatic carbocycles. The Kier molecular flexibility index (Phi) is 5.98. The second-order valence-electron chi connectivity index (χ2n) is 4.59. The maximum atomic E-state index is 13.4. The molecule has 106 valence electrons. The number of hydrogen-bond donors (Lipinski definition) is 1. The van der Waals surface area contributed by atoms with Gasteiger partial charge in [-0.05, 0) is 30.7 Å². The third kappa shape index (κ3) is 4.10. The number of nitrogens with one attached hydrogen (secondary N) is 1. The lowest BCUT2D eigenvalue weighted by atomic mass is 10.0. The van der Waals surface area contributed by atoms with Crippen molar-refractivity contribution in [2.24, 2.45) is 0 Å². The lowest BCUT2D eigenvalue weighted by Gasteiger charge is -2.30. The highest BCUT2D eigenvalue weighted by Crippen LogP contribution is 2.34. The summed E-state index contributed by atoms with van der Waals surface area (Å²) < 4.78 is 26.5. The van der Waals surface area contributed by atoms with Crippen molar-refractivity contribution in [3.63, 3.8) is 0 Å². The van der Waals surface area contributed by atoms with Crippen LogP contribution >= 0.6 is 23.5 Å². The first-order valence-electron chi connectivity index (χ1n) is 6.60. The Labute approximate surface area is 121 Å². The zero-order valence-corrected chi connectivity index (χ0v) is 12.6. The topological polar surface area (TPSA) is 12.0 Å². The lowest BCUT2D eigenvalue weighted by Crippen LogP contribution is -2.34. The molecular formula is C14H19F2NS2. The van der Waals surface area contributed by atoms with E-state index in [-0.39, 0.29) is 6.04 Å². The van der Waals surface area contributed by atoms with Gasteiger partial charge in [-0.2, -0.15) is 23.5 Å². The van der Waals surface area contributed by atoms with Gasteiger partial charge in [0.05, 0.1) is 0 Å². The molecular weight excluding hydrogens is 284 g/mol. The molecule has 1 aliphatic heterocycles. The monoisotopic (exact) mass is 303 g/mol. The Hall–Kier alpha value is -0.260. The minimum atomic E-state index is -0.774. The molecule has 1 aliphatic rings. The molecule has 1 aromatic rings. The van der Waals surface area contributed by atoms with Gasteiger partial charge in [0.25, 0.3) is 0 Å². The fourth-order valence-electron chi connectivity index (χ4n) is 2.17. The molecule has 1 saturated heterocycles. The first-order chi connectivity index (χ1) is 9.22. The molecule has 19 heavy (non-hydrogen) atoms. The average molecular weight is 303 g/mol. The molecule has 0 saturated carbocycles. The van der Waals surface area contributed by atoms with Gasteiger partial charge < -0.3 is 5.32 Å². The minimum Gasteiger partial charge on any atom is -0.309 e. The molecule has 2 rings (SSSR count). The van der Waals surface area contributed by atoms with Crippen molar-refractivity contribution in [2.45, 2.75) is 24.6 Å². The third-order valence-electron chi connectivity index (χ3n) is 3.13. The van der Waals surface area contributed by atoms with E-state index in [1.165, 1.54) is 17.9 Å². The van der Waals surface area contributed by atoms with E-state index in [1.807, 2.05) is 23.5 Å². The third-order valence-corrected chi connectivity index (χ3v) is 5.99. The van der Waals surface area contributed by atoms with Gasteiger partial charge in [0.15, 0.2) is 11.6 Å². The summed E-state index contributed by atoms with van der Waals surface area (Å²) >= 11 is 3.87. The van der Waals surface area contributed by atoms with E-state index in [2.05, 4.69) is 12.2 Å². The van der Waals surface area contributed by atoms with Gasteiger partial charge in [0, 0.05) is 28.6 Å². The second-order valence-corrected chi connectivity index (χ2v) is 7.09. The Morgan fingerprint density at radius 2 is 2.16 bits per heavy atom. The number of thioether (sulfide) groups is 2. The number of halogens is 2. The number of hydrogen-bond acceptors (Lipinski definition) is 3. The summed E-state index contributed by atoms with van der Waals surface area (Å²) in [4.78, 5) is 0. The molecule has 0 amide bonds. The molecule has 2 atom stereocenters. The summed E-state index contributed by atoms with van der Waals surface area (Å²) in [6.07, 6.45) is 1.03. The molecule has 1 heterocycles. The Balaban J connectivity index is 2.17. The van der Waals surface area contributed by atoms with Crippen LogP contribution in [0.3, 0.4) is 0 Å². The first-order valence-corrected chi connectivity index (χ1v) is 8.80. The van der Waals surface area contributed by atoms with Gasteiger partial charge in [0.2, 0.25) is 0 Å². The maximum absolute atomic E-state index is 13.4. The van der Waals surface area contributed by atoms with Crippen molar-refractivity contribution < 1.29 is 8.78 Å². The molecule has 0 spiro atoms. The predicted octanol–water partition coefficient (Wildman–Crippen LogP) is 3.85. The summed E-state index contributed by atoms with van der Waals surface area (Å²) in [6.45, 7) is 3.00. The average Bonchev–Trinajstić information content (AvgIpc) is 2.44. The van der Waals surface area contributed by atoms with Crippen LogP contribution in [0.4, 0.5) is 8.78 Å². The van der Waals surface area contributed by atoms with Gasteiger partial charge in [-0.25, -0.2) is 8.78 Å². The molecule has 1 N–H and O–H groups in total. The highest BCUT2D eigenvalue weighted by Gasteiger charge is 2.26. The van der Waals surface area contributed by atoms with Crippen molar-refractivity contribution in [3.8, 4) is 0 Å². The van der Waals surface area contributed by atoms with Gasteiger partial charge in [0.1, 0.15) is 0 Å². The first kappa shape index (κ1) is 15.1. The lowest BCUT2D eigenvalue weighted by molar-refractivity contribution is 0.493. The van der Waals surface area contributed by atoms with Crippen molar-refractivity contribution >= 4 is 23.5 Å². The molecule has 0 aromatic heterocycles. The van der Waals surface area contributed by atoms with Gasteiger partial charge in [-0.1, -0.05) is 13.0 Å². The Morgan fingerprint density at radius 3 is 2.79 bits per heavy atom. The van der Waals surface area contributed by atoms with Crippen LogP contribution in [0, 0.1) is 11.6 Å². The quantitative estimate of drug-likeness (QED) is 0.887. The number of rotatable bonds is 5. The van der Waals surface area contributed by atoms with Gasteiger partial charge in [-0.15, -0.1) is 0 Å². The molecule has 1 aromatic carbocycles. The summed E-state index contributed by atoms with van der Waals surface area (Å²) in [5.41, 5.74) is 0.854. The van der Waals surface area contributed by atoms with Crippen molar-refractivity contribution in [1.82, 2.24) is 5.32 Å². The molecule has 0 radical (unpaired) electrons. The Bertz CT molecular complexity index is 408. The van der Waals surface area contributed by atoms with E-state index in [0.717, 1.165) is 30.0 Å². The highest BCUT2D eigenvalue weighted by atomic mass is 32.2. The molecule has 0 bridgehead atoms. The van der Waals surface area contributed by atoms with Crippen LogP contribution in [0.25, 0.3) is 0 Å². The second kappa shape index (κ2) is 7.50. The number of benzene rings is 1. The fourth-order valence-corrected chi connectivity index (χ4v) is 5.04. The normalized spacial score (nSPS) is 21.3. The van der Waals surface area contributed by atoms with Crippen molar-refractivity contribution in [2.75, 3.05) is 23.8 Å². The molecule has 1 fully saturated rings. The standard InChI is InChI=1S/C14H19F2NS2/c1-2-5-17-14(13-9-18-6-7-19-13)10-3-4-11(15)12(16)8-10/h3-4,8,13-14,17H,2,5-7,9H2,1H3. The summed E-state index contributed by atoms with van der Waals surface area (Å²) in [6, 6.07) is 4.37. The van der Waals surface area contributed by atoms with E-state index in [0.29, 0.717) is 5.25 Å². The minimum absolute atomic E-state index is 0.104. The van der Waals surface area contributed by atoms with Crippen molar-refractivity contribution in [3.05, 3.63) is 35.4 Å². The van der Waals surface area contributed by atoms with Crippen LogP contribution in [0.2, 0.25) is 0 Å².